The van der Waals surface area contributed by atoms with E-state index in [9.17, 15) is 9.59 Å². The van der Waals surface area contributed by atoms with Gasteiger partial charge in [0.25, 0.3) is 0 Å². The molecule has 4 heteroatoms. The second-order valence-electron chi connectivity index (χ2n) is 8.52. The minimum absolute atomic E-state index is 0.167. The molecule has 4 nitrogen and oxygen atoms in total. The van der Waals surface area contributed by atoms with Gasteiger partial charge in [0, 0.05) is 53.4 Å². The zero-order valence-corrected chi connectivity index (χ0v) is 17.9. The predicted octanol–water partition coefficient (Wildman–Crippen LogP) is 5.31. The average molecular weight is 414 g/mol. The molecule has 0 N–H and O–H groups in total. The minimum atomic E-state index is -0.325. The van der Waals surface area contributed by atoms with Crippen molar-refractivity contribution in [2.45, 2.75) is 51.0 Å². The molecule has 0 unspecified atom stereocenters. The molecule has 0 atom stereocenters. The van der Waals surface area contributed by atoms with Crippen molar-refractivity contribution in [3.05, 3.63) is 88.3 Å². The van der Waals surface area contributed by atoms with Gasteiger partial charge in [-0.25, -0.2) is 0 Å². The molecule has 0 bridgehead atoms. The quantitative estimate of drug-likeness (QED) is 0.682. The molecule has 158 valence electrons. The van der Waals surface area contributed by atoms with Crippen LogP contribution in [0.2, 0.25) is 0 Å². The summed E-state index contributed by atoms with van der Waals surface area (Å²) in [6.45, 7) is 0.692. The highest BCUT2D eigenvalue weighted by molar-refractivity contribution is 6.06. The van der Waals surface area contributed by atoms with Gasteiger partial charge < -0.3 is 9.64 Å². The zero-order valence-electron chi connectivity index (χ0n) is 17.9. The number of benzene rings is 2. The van der Waals surface area contributed by atoms with Gasteiger partial charge in [-0.2, -0.15) is 0 Å². The van der Waals surface area contributed by atoms with E-state index < -0.39 is 0 Å². The normalized spacial score (nSPS) is 19.5. The van der Waals surface area contributed by atoms with E-state index in [1.807, 2.05) is 42.5 Å². The van der Waals surface area contributed by atoms with Crippen LogP contribution < -0.4 is 4.74 Å². The average Bonchev–Trinajstić information content (AvgIpc) is 2.80. The SMILES string of the molecule is COc1ccccc1C1C2=C(CCCC2=O)N(Cc2ccccc2)C2=C1C(=O)CCC2. The van der Waals surface area contributed by atoms with Crippen LogP contribution in [0.15, 0.2) is 77.1 Å². The minimum Gasteiger partial charge on any atom is -0.496 e. The molecule has 2 aromatic rings. The lowest BCUT2D eigenvalue weighted by Gasteiger charge is -2.44. The number of methoxy groups -OCH3 is 1. The van der Waals surface area contributed by atoms with Crippen LogP contribution in [0.1, 0.15) is 55.6 Å². The van der Waals surface area contributed by atoms with Gasteiger partial charge >= 0.3 is 0 Å². The van der Waals surface area contributed by atoms with Crippen LogP contribution in [0.5, 0.6) is 5.75 Å². The maximum atomic E-state index is 13.3. The van der Waals surface area contributed by atoms with Crippen molar-refractivity contribution in [1.82, 2.24) is 4.90 Å². The summed E-state index contributed by atoms with van der Waals surface area (Å²) in [5.74, 6) is 0.744. The molecule has 5 rings (SSSR count). The van der Waals surface area contributed by atoms with Gasteiger partial charge in [-0.3, -0.25) is 9.59 Å². The lowest BCUT2D eigenvalue weighted by Crippen LogP contribution is -2.38. The number of Topliss-reactive ketones (excluding diaryl/α,β-unsaturated/α-hetero) is 2. The molecule has 1 heterocycles. The highest BCUT2D eigenvalue weighted by Gasteiger charge is 2.44. The first-order valence-electron chi connectivity index (χ1n) is 11.2. The molecule has 0 radical (unpaired) electrons. The van der Waals surface area contributed by atoms with E-state index in [1.54, 1.807) is 7.11 Å². The van der Waals surface area contributed by atoms with E-state index >= 15 is 0 Å². The van der Waals surface area contributed by atoms with Crippen LogP contribution >= 0.6 is 0 Å². The molecule has 0 fully saturated rings. The Hall–Kier alpha value is -3.14. The summed E-state index contributed by atoms with van der Waals surface area (Å²) in [5.41, 5.74) is 5.93. The van der Waals surface area contributed by atoms with Crippen LogP contribution in [0.25, 0.3) is 0 Å². The number of ketones is 2. The van der Waals surface area contributed by atoms with Gasteiger partial charge in [-0.05, 0) is 37.3 Å². The monoisotopic (exact) mass is 413 g/mol. The summed E-state index contributed by atoms with van der Waals surface area (Å²) in [5, 5.41) is 0. The standard InChI is InChI=1S/C27H27NO3/c1-31-24-16-6-5-11-19(24)25-26-20(12-7-14-22(26)29)28(17-18-9-3-2-4-10-18)21-13-8-15-23(30)27(21)25/h2-6,9-11,16,25H,7-8,12-15,17H2,1H3. The number of nitrogens with zero attached hydrogens (tertiary/aromatic N) is 1. The van der Waals surface area contributed by atoms with E-state index in [1.165, 1.54) is 5.56 Å². The van der Waals surface area contributed by atoms with E-state index in [-0.39, 0.29) is 17.5 Å². The summed E-state index contributed by atoms with van der Waals surface area (Å²) in [4.78, 5) is 29.0. The third-order valence-corrected chi connectivity index (χ3v) is 6.72. The molecular formula is C27H27NO3. The molecule has 0 amide bonds. The van der Waals surface area contributed by atoms with Gasteiger partial charge in [-0.15, -0.1) is 0 Å². The molecule has 31 heavy (non-hydrogen) atoms. The van der Waals surface area contributed by atoms with Crippen molar-refractivity contribution < 1.29 is 14.3 Å². The number of carbonyl (C=O) groups is 2. The smallest absolute Gasteiger partial charge is 0.161 e. The Morgan fingerprint density at radius 1 is 0.806 bits per heavy atom. The fourth-order valence-electron chi connectivity index (χ4n) is 5.39. The van der Waals surface area contributed by atoms with E-state index in [2.05, 4.69) is 17.0 Å². The summed E-state index contributed by atoms with van der Waals surface area (Å²) in [6.07, 6.45) is 4.53. The van der Waals surface area contributed by atoms with E-state index in [0.717, 1.165) is 59.5 Å². The fraction of sp³-hybridized carbons (Fsp3) is 0.333. The number of hydrogen-bond donors (Lipinski definition) is 0. The second kappa shape index (κ2) is 8.18. The number of carbonyl (C=O) groups excluding carboxylic acids is 2. The Kier molecular flexibility index (Phi) is 5.23. The summed E-state index contributed by atoms with van der Waals surface area (Å²) < 4.78 is 5.67. The molecule has 0 spiro atoms. The number of ether oxygens (including phenoxy) is 1. The van der Waals surface area contributed by atoms with Crippen LogP contribution in [-0.2, 0) is 16.1 Å². The molecule has 3 aliphatic rings. The summed E-state index contributed by atoms with van der Waals surface area (Å²) in [6, 6.07) is 18.2. The first-order chi connectivity index (χ1) is 15.2. The fourth-order valence-corrected chi connectivity index (χ4v) is 5.39. The van der Waals surface area contributed by atoms with Gasteiger partial charge in [0.2, 0.25) is 0 Å². The topological polar surface area (TPSA) is 46.6 Å². The summed E-state index contributed by atoms with van der Waals surface area (Å²) >= 11 is 0. The largest absolute Gasteiger partial charge is 0.496 e. The molecule has 2 aliphatic carbocycles. The Labute approximate surface area is 183 Å². The van der Waals surface area contributed by atoms with Crippen molar-refractivity contribution in [3.63, 3.8) is 0 Å². The lowest BCUT2D eigenvalue weighted by atomic mass is 9.70. The van der Waals surface area contributed by atoms with Crippen molar-refractivity contribution in [2.24, 2.45) is 0 Å². The van der Waals surface area contributed by atoms with Crippen LogP contribution in [-0.4, -0.2) is 23.6 Å². The number of allylic oxidation sites excluding steroid dienone is 4. The molecular weight excluding hydrogens is 386 g/mol. The second-order valence-corrected chi connectivity index (χ2v) is 8.52. The van der Waals surface area contributed by atoms with Gasteiger partial charge in [-0.1, -0.05) is 48.5 Å². The maximum absolute atomic E-state index is 13.3. The first kappa shape index (κ1) is 19.8. The number of para-hydroxylation sites is 1. The molecule has 2 aromatic carbocycles. The third-order valence-electron chi connectivity index (χ3n) is 6.72. The summed E-state index contributed by atoms with van der Waals surface area (Å²) in [7, 11) is 1.65. The Bertz CT molecular complexity index is 1050. The van der Waals surface area contributed by atoms with Crippen molar-refractivity contribution >= 4 is 11.6 Å². The van der Waals surface area contributed by atoms with Crippen molar-refractivity contribution in [2.75, 3.05) is 7.11 Å². The lowest BCUT2D eigenvalue weighted by molar-refractivity contribution is -0.117. The zero-order chi connectivity index (χ0) is 21.4. The van der Waals surface area contributed by atoms with Crippen molar-refractivity contribution in [1.29, 1.82) is 0 Å². The number of rotatable bonds is 4. The molecule has 0 saturated heterocycles. The van der Waals surface area contributed by atoms with Crippen molar-refractivity contribution in [3.8, 4) is 5.75 Å². The van der Waals surface area contributed by atoms with Crippen LogP contribution in [0.3, 0.4) is 0 Å². The van der Waals surface area contributed by atoms with Crippen LogP contribution in [0.4, 0.5) is 0 Å². The molecule has 1 aliphatic heterocycles. The third kappa shape index (κ3) is 3.40. The van der Waals surface area contributed by atoms with Gasteiger partial charge in [0.05, 0.1) is 7.11 Å². The predicted molar refractivity (Wildman–Crippen MR) is 119 cm³/mol. The Morgan fingerprint density at radius 3 is 2.00 bits per heavy atom. The van der Waals surface area contributed by atoms with Gasteiger partial charge in [0.15, 0.2) is 11.6 Å². The Morgan fingerprint density at radius 2 is 1.39 bits per heavy atom. The van der Waals surface area contributed by atoms with E-state index in [0.29, 0.717) is 19.4 Å². The molecule has 0 saturated carbocycles. The van der Waals surface area contributed by atoms with Crippen LogP contribution in [0, 0.1) is 0 Å². The number of hydrogen-bond acceptors (Lipinski definition) is 4. The highest BCUT2D eigenvalue weighted by atomic mass is 16.5. The maximum Gasteiger partial charge on any atom is 0.161 e. The highest BCUT2D eigenvalue weighted by Crippen LogP contribution is 2.51. The first-order valence-corrected chi connectivity index (χ1v) is 11.2. The van der Waals surface area contributed by atoms with Gasteiger partial charge in [0.1, 0.15) is 5.75 Å². The molecule has 0 aromatic heterocycles. The Balaban J connectivity index is 1.73. The van der Waals surface area contributed by atoms with E-state index in [4.69, 9.17) is 4.74 Å².